The number of nitrogens with one attached hydrogen (secondary N) is 1. The van der Waals surface area contributed by atoms with Gasteiger partial charge in [-0.1, -0.05) is 12.1 Å². The van der Waals surface area contributed by atoms with Crippen molar-refractivity contribution in [3.8, 4) is 5.75 Å². The molecule has 0 aliphatic carbocycles. The van der Waals surface area contributed by atoms with Gasteiger partial charge in [-0.05, 0) is 41.6 Å². The smallest absolute Gasteiger partial charge is 0.131 e. The number of nitrogens with zero attached hydrogens (tertiary/aromatic N) is 1. The molecule has 0 heterocycles. The number of ether oxygens (including phenoxy) is 1. The molecule has 86 valence electrons. The summed E-state index contributed by atoms with van der Waals surface area (Å²) < 4.78 is 5.07. The summed E-state index contributed by atoms with van der Waals surface area (Å²) in [5.74, 6) is 0.789. The Morgan fingerprint density at radius 1 is 1.06 bits per heavy atom. The summed E-state index contributed by atoms with van der Waals surface area (Å²) in [5, 5.41) is 6.09. The van der Waals surface area contributed by atoms with Crippen molar-refractivity contribution < 1.29 is 4.74 Å². The van der Waals surface area contributed by atoms with Crippen molar-refractivity contribution in [1.82, 2.24) is 0 Å². The van der Waals surface area contributed by atoms with E-state index in [0.29, 0.717) is 11.4 Å². The molecule has 0 amide bonds. The monoisotopic (exact) mass is 228 g/mol. The van der Waals surface area contributed by atoms with E-state index in [-0.39, 0.29) is 0 Å². The zero-order valence-electron chi connectivity index (χ0n) is 9.38. The van der Waals surface area contributed by atoms with Crippen molar-refractivity contribution in [3.63, 3.8) is 0 Å². The van der Waals surface area contributed by atoms with Gasteiger partial charge < -0.3 is 10.1 Å². The van der Waals surface area contributed by atoms with E-state index in [1.54, 1.807) is 25.3 Å². The lowest BCUT2D eigenvalue weighted by atomic mass is 10.2. The Bertz CT molecular complexity index is 509. The number of rotatable bonds is 4. The molecule has 0 saturated heterocycles. The maximum Gasteiger partial charge on any atom is 0.131 e. The summed E-state index contributed by atoms with van der Waals surface area (Å²) >= 11 is 0. The van der Waals surface area contributed by atoms with Gasteiger partial charge in [0, 0.05) is 5.69 Å². The summed E-state index contributed by atoms with van der Waals surface area (Å²) in [6.07, 6.45) is 0. The average Bonchev–Trinajstić information content (AvgIpc) is 2.40. The quantitative estimate of drug-likeness (QED) is 0.809. The second kappa shape index (κ2) is 5.12. The van der Waals surface area contributed by atoms with Crippen LogP contribution in [0.3, 0.4) is 0 Å². The molecule has 0 aliphatic rings. The van der Waals surface area contributed by atoms with Gasteiger partial charge in [-0.15, -0.1) is 4.91 Å². The van der Waals surface area contributed by atoms with Crippen LogP contribution in [0.15, 0.2) is 53.7 Å². The lowest BCUT2D eigenvalue weighted by molar-refractivity contribution is 0.415. The maximum absolute atomic E-state index is 10.6. The van der Waals surface area contributed by atoms with E-state index in [1.807, 2.05) is 30.3 Å². The van der Waals surface area contributed by atoms with Crippen LogP contribution in [-0.4, -0.2) is 7.11 Å². The molecule has 0 aliphatic heterocycles. The van der Waals surface area contributed by atoms with E-state index < -0.39 is 0 Å². The van der Waals surface area contributed by atoms with E-state index in [9.17, 15) is 4.91 Å². The first-order valence-electron chi connectivity index (χ1n) is 5.17. The minimum Gasteiger partial charge on any atom is -0.497 e. The van der Waals surface area contributed by atoms with Crippen LogP contribution < -0.4 is 10.1 Å². The molecule has 2 aromatic rings. The maximum atomic E-state index is 10.6. The molecule has 4 nitrogen and oxygen atoms in total. The van der Waals surface area contributed by atoms with Gasteiger partial charge in [0.2, 0.25) is 0 Å². The van der Waals surface area contributed by atoms with Gasteiger partial charge in [0.05, 0.1) is 12.8 Å². The molecule has 0 saturated carbocycles. The minimum atomic E-state index is 0.392. The fourth-order valence-corrected chi connectivity index (χ4v) is 1.49. The summed E-state index contributed by atoms with van der Waals surface area (Å²) in [7, 11) is 1.62. The van der Waals surface area contributed by atoms with Crippen LogP contribution in [0, 0.1) is 4.91 Å². The Morgan fingerprint density at radius 3 is 2.41 bits per heavy atom. The largest absolute Gasteiger partial charge is 0.497 e. The number of benzene rings is 2. The summed E-state index contributed by atoms with van der Waals surface area (Å²) in [6, 6.07) is 14.5. The number of para-hydroxylation sites is 1. The highest BCUT2D eigenvalue weighted by Crippen LogP contribution is 2.27. The van der Waals surface area contributed by atoms with Gasteiger partial charge in [-0.25, -0.2) is 0 Å². The molecule has 17 heavy (non-hydrogen) atoms. The Balaban J connectivity index is 2.22. The van der Waals surface area contributed by atoms with Gasteiger partial charge in [0.15, 0.2) is 0 Å². The number of nitroso groups, excluding NO2 is 1. The van der Waals surface area contributed by atoms with Crippen molar-refractivity contribution in [1.29, 1.82) is 0 Å². The predicted molar refractivity (Wildman–Crippen MR) is 68.2 cm³/mol. The third-order valence-corrected chi connectivity index (χ3v) is 2.37. The Kier molecular flexibility index (Phi) is 3.35. The van der Waals surface area contributed by atoms with Crippen molar-refractivity contribution in [3.05, 3.63) is 53.4 Å². The lowest BCUT2D eigenvalue weighted by Gasteiger charge is -2.08. The number of methoxy groups -OCH3 is 1. The topological polar surface area (TPSA) is 50.7 Å². The van der Waals surface area contributed by atoms with Crippen LogP contribution in [0.1, 0.15) is 0 Å². The third kappa shape index (κ3) is 2.60. The second-order valence-electron chi connectivity index (χ2n) is 3.46. The first kappa shape index (κ1) is 11.1. The van der Waals surface area contributed by atoms with Gasteiger partial charge in [0.1, 0.15) is 11.4 Å². The molecule has 1 N–H and O–H groups in total. The molecule has 2 aromatic carbocycles. The molecule has 4 heteroatoms. The molecule has 0 bridgehead atoms. The molecule has 0 atom stereocenters. The highest BCUT2D eigenvalue weighted by molar-refractivity contribution is 5.71. The van der Waals surface area contributed by atoms with Crippen molar-refractivity contribution >= 4 is 17.1 Å². The van der Waals surface area contributed by atoms with Crippen molar-refractivity contribution in [2.75, 3.05) is 12.4 Å². The summed E-state index contributed by atoms with van der Waals surface area (Å²) in [5.41, 5.74) is 1.96. The van der Waals surface area contributed by atoms with E-state index in [0.717, 1.165) is 11.4 Å². The molecule has 0 aromatic heterocycles. The third-order valence-electron chi connectivity index (χ3n) is 2.37. The van der Waals surface area contributed by atoms with E-state index in [4.69, 9.17) is 4.74 Å². The van der Waals surface area contributed by atoms with Gasteiger partial charge >= 0.3 is 0 Å². The molecule has 0 fully saturated rings. The Labute approximate surface area is 99.2 Å². The highest BCUT2D eigenvalue weighted by atomic mass is 16.5. The van der Waals surface area contributed by atoms with Gasteiger partial charge in [-0.2, -0.15) is 0 Å². The molecular weight excluding hydrogens is 216 g/mol. The van der Waals surface area contributed by atoms with Crippen molar-refractivity contribution in [2.24, 2.45) is 5.18 Å². The first-order valence-corrected chi connectivity index (χ1v) is 5.17. The molecule has 2 rings (SSSR count). The Morgan fingerprint density at radius 2 is 1.76 bits per heavy atom. The zero-order chi connectivity index (χ0) is 12.1. The Hall–Kier alpha value is -2.36. The molecule has 0 radical (unpaired) electrons. The normalized spacial score (nSPS) is 9.71. The molecule has 0 unspecified atom stereocenters. The minimum absolute atomic E-state index is 0.392. The fraction of sp³-hybridized carbons (Fsp3) is 0.0769. The highest BCUT2D eigenvalue weighted by Gasteiger charge is 2.01. The standard InChI is InChI=1S/C13H12N2O2/c1-17-11-8-6-10(7-9-11)14-12-4-2-3-5-13(12)15-16/h2-9,14H,1H3. The van der Waals surface area contributed by atoms with Gasteiger partial charge in [-0.3, -0.25) is 0 Å². The van der Waals surface area contributed by atoms with E-state index >= 15 is 0 Å². The van der Waals surface area contributed by atoms with Crippen LogP contribution in [0.2, 0.25) is 0 Å². The van der Waals surface area contributed by atoms with E-state index in [1.165, 1.54) is 0 Å². The predicted octanol–water partition coefficient (Wildman–Crippen LogP) is 3.84. The lowest BCUT2D eigenvalue weighted by Crippen LogP contribution is -1.90. The molecule has 0 spiro atoms. The van der Waals surface area contributed by atoms with Crippen LogP contribution in [0.25, 0.3) is 0 Å². The summed E-state index contributed by atoms with van der Waals surface area (Å²) in [6.45, 7) is 0. The van der Waals surface area contributed by atoms with Crippen molar-refractivity contribution in [2.45, 2.75) is 0 Å². The second-order valence-corrected chi connectivity index (χ2v) is 3.46. The SMILES string of the molecule is COc1ccc(Nc2ccccc2N=O)cc1. The zero-order valence-corrected chi connectivity index (χ0v) is 9.38. The van der Waals surface area contributed by atoms with Crippen LogP contribution in [-0.2, 0) is 0 Å². The summed E-state index contributed by atoms with van der Waals surface area (Å²) in [4.78, 5) is 10.6. The average molecular weight is 228 g/mol. The fourth-order valence-electron chi connectivity index (χ4n) is 1.49. The van der Waals surface area contributed by atoms with Gasteiger partial charge in [0.25, 0.3) is 0 Å². The van der Waals surface area contributed by atoms with Crippen LogP contribution >= 0.6 is 0 Å². The van der Waals surface area contributed by atoms with Crippen LogP contribution in [0.4, 0.5) is 17.1 Å². The number of hydrogen-bond donors (Lipinski definition) is 1. The first-order chi connectivity index (χ1) is 8.33. The van der Waals surface area contributed by atoms with Crippen LogP contribution in [0.5, 0.6) is 5.75 Å². The molecular formula is C13H12N2O2. The number of anilines is 2. The van der Waals surface area contributed by atoms with E-state index in [2.05, 4.69) is 10.5 Å². The number of hydrogen-bond acceptors (Lipinski definition) is 4.